The zero-order valence-corrected chi connectivity index (χ0v) is 18.3. The number of nitrogens with one attached hydrogen (secondary N) is 1. The quantitative estimate of drug-likeness (QED) is 0.482. The number of hydrogen-bond donors (Lipinski definition) is 3. The third-order valence-corrected chi connectivity index (χ3v) is 5.89. The molecule has 31 heavy (non-hydrogen) atoms. The summed E-state index contributed by atoms with van der Waals surface area (Å²) in [5.74, 6) is 0.566. The summed E-state index contributed by atoms with van der Waals surface area (Å²) in [7, 11) is 0. The molecule has 2 aromatic heterocycles. The first-order chi connectivity index (χ1) is 15.0. The second-order valence-electron chi connectivity index (χ2n) is 7.56. The monoisotopic (exact) mass is 446 g/mol. The maximum atomic E-state index is 10.7. The van der Waals surface area contributed by atoms with Crippen LogP contribution in [0.25, 0.3) is 11.2 Å². The number of ether oxygens (including phenoxy) is 1. The molecule has 166 valence electrons. The Morgan fingerprint density at radius 3 is 2.71 bits per heavy atom. The third-order valence-electron chi connectivity index (χ3n) is 5.65. The van der Waals surface area contributed by atoms with Gasteiger partial charge in [0.15, 0.2) is 23.2 Å². The van der Waals surface area contributed by atoms with Gasteiger partial charge in [-0.15, -0.1) is 0 Å². The van der Waals surface area contributed by atoms with Crippen LogP contribution in [-0.4, -0.2) is 72.6 Å². The summed E-state index contributed by atoms with van der Waals surface area (Å²) >= 11 is 6.05. The van der Waals surface area contributed by atoms with Crippen LogP contribution in [0.3, 0.4) is 0 Å². The molecule has 10 heteroatoms. The van der Waals surface area contributed by atoms with Crippen molar-refractivity contribution in [1.29, 1.82) is 0 Å². The van der Waals surface area contributed by atoms with Gasteiger partial charge in [0.05, 0.1) is 6.33 Å². The number of aliphatic hydroxyl groups excluding tert-OH is 2. The largest absolute Gasteiger partial charge is 0.387 e. The van der Waals surface area contributed by atoms with Crippen LogP contribution in [0.15, 0.2) is 36.9 Å². The Bertz CT molecular complexity index is 1030. The van der Waals surface area contributed by atoms with Gasteiger partial charge in [-0.25, -0.2) is 15.0 Å². The zero-order chi connectivity index (χ0) is 22.0. The summed E-state index contributed by atoms with van der Waals surface area (Å²) in [5.41, 5.74) is 2.08. The first-order valence-electron chi connectivity index (χ1n) is 10.4. The van der Waals surface area contributed by atoms with Crippen LogP contribution < -0.4 is 5.32 Å². The van der Waals surface area contributed by atoms with E-state index in [-0.39, 0.29) is 0 Å². The number of imidazole rings is 1. The SMILES string of the molecule is CCN(CC)C[C@H]1O[C@@H](n2cnc3c(NCc4cccc(Cl)c4)ncnc32)[C@H](O)[C@@H]1O. The number of hydrogen-bond acceptors (Lipinski definition) is 8. The standard InChI is InChI=1S/C21H27ClN6O3/c1-3-27(4-2)10-15-17(29)18(30)21(31-15)28-12-26-16-19(24-11-25-20(16)28)23-9-13-6-5-7-14(22)8-13/h5-8,11-12,15,17-18,21,29-30H,3-4,9-10H2,1-2H3,(H,23,24,25)/t15-,17-,18-,21-/m1/s1. The van der Waals surface area contributed by atoms with Gasteiger partial charge in [-0.2, -0.15) is 0 Å². The van der Waals surface area contributed by atoms with Gasteiger partial charge in [0.2, 0.25) is 0 Å². The minimum atomic E-state index is -1.09. The predicted molar refractivity (Wildman–Crippen MR) is 118 cm³/mol. The van der Waals surface area contributed by atoms with Crippen molar-refractivity contribution in [2.75, 3.05) is 25.0 Å². The van der Waals surface area contributed by atoms with Gasteiger partial charge in [0.1, 0.15) is 24.6 Å². The zero-order valence-electron chi connectivity index (χ0n) is 17.5. The molecule has 0 bridgehead atoms. The number of anilines is 1. The highest BCUT2D eigenvalue weighted by Gasteiger charge is 2.44. The van der Waals surface area contributed by atoms with Crippen molar-refractivity contribution in [1.82, 2.24) is 24.4 Å². The molecule has 0 radical (unpaired) electrons. The lowest BCUT2D eigenvalue weighted by molar-refractivity contribution is -0.0433. The van der Waals surface area contributed by atoms with Gasteiger partial charge in [0, 0.05) is 18.1 Å². The van der Waals surface area contributed by atoms with E-state index in [4.69, 9.17) is 16.3 Å². The first-order valence-corrected chi connectivity index (χ1v) is 10.8. The molecule has 0 spiro atoms. The van der Waals surface area contributed by atoms with Crippen LogP contribution in [0.1, 0.15) is 25.6 Å². The average Bonchev–Trinajstić information content (AvgIpc) is 3.32. The van der Waals surface area contributed by atoms with Crippen LogP contribution in [0, 0.1) is 0 Å². The van der Waals surface area contributed by atoms with Crippen molar-refractivity contribution in [3.63, 3.8) is 0 Å². The summed E-state index contributed by atoms with van der Waals surface area (Å²) < 4.78 is 7.69. The van der Waals surface area contributed by atoms with Crippen molar-refractivity contribution >= 4 is 28.6 Å². The Morgan fingerprint density at radius 1 is 1.16 bits per heavy atom. The van der Waals surface area contributed by atoms with Crippen molar-refractivity contribution < 1.29 is 14.9 Å². The Labute approximate surface area is 185 Å². The molecule has 0 saturated carbocycles. The molecule has 3 N–H and O–H groups in total. The lowest BCUT2D eigenvalue weighted by Crippen LogP contribution is -2.39. The van der Waals surface area contributed by atoms with Gasteiger partial charge in [-0.3, -0.25) is 4.57 Å². The van der Waals surface area contributed by atoms with Crippen LogP contribution in [-0.2, 0) is 11.3 Å². The summed E-state index contributed by atoms with van der Waals surface area (Å²) in [6.45, 7) is 6.84. The first kappa shape index (κ1) is 21.9. The molecule has 0 unspecified atom stereocenters. The number of fused-ring (bicyclic) bond motifs is 1. The fourth-order valence-corrected chi connectivity index (χ4v) is 4.06. The summed E-state index contributed by atoms with van der Waals surface area (Å²) in [5, 5.41) is 25.1. The molecule has 3 aromatic rings. The van der Waals surface area contributed by atoms with Crippen LogP contribution in [0.2, 0.25) is 5.02 Å². The van der Waals surface area contributed by atoms with E-state index in [9.17, 15) is 10.2 Å². The van der Waals surface area contributed by atoms with Crippen molar-refractivity contribution in [2.45, 2.75) is 44.9 Å². The lowest BCUT2D eigenvalue weighted by Gasteiger charge is -2.23. The van der Waals surface area contributed by atoms with E-state index >= 15 is 0 Å². The molecule has 0 aliphatic carbocycles. The number of benzene rings is 1. The number of rotatable bonds is 8. The van der Waals surface area contributed by atoms with Gasteiger partial charge in [0.25, 0.3) is 0 Å². The summed E-state index contributed by atoms with van der Waals surface area (Å²) in [6, 6.07) is 7.56. The molecule has 1 fully saturated rings. The molecule has 3 heterocycles. The molecule has 4 rings (SSSR count). The summed E-state index contributed by atoms with van der Waals surface area (Å²) in [6.07, 6.45) is -0.368. The van der Waals surface area contributed by atoms with E-state index in [0.29, 0.717) is 35.1 Å². The molecule has 4 atom stereocenters. The van der Waals surface area contributed by atoms with E-state index in [0.717, 1.165) is 18.7 Å². The molecular weight excluding hydrogens is 420 g/mol. The summed E-state index contributed by atoms with van der Waals surface area (Å²) in [4.78, 5) is 15.2. The van der Waals surface area contributed by atoms with Gasteiger partial charge in [-0.05, 0) is 30.8 Å². The van der Waals surface area contributed by atoms with Crippen molar-refractivity contribution in [2.24, 2.45) is 0 Å². The fraction of sp³-hybridized carbons (Fsp3) is 0.476. The lowest BCUT2D eigenvalue weighted by atomic mass is 10.1. The molecular formula is C21H27ClN6O3. The number of aromatic nitrogens is 4. The average molecular weight is 447 g/mol. The predicted octanol–water partition coefficient (Wildman–Crippen LogP) is 2.05. The van der Waals surface area contributed by atoms with E-state index in [1.165, 1.54) is 6.33 Å². The Hall–Kier alpha value is -2.30. The van der Waals surface area contributed by atoms with E-state index in [2.05, 4.69) is 39.0 Å². The number of aliphatic hydroxyl groups is 2. The molecule has 1 aliphatic heterocycles. The fourth-order valence-electron chi connectivity index (χ4n) is 3.85. The Morgan fingerprint density at radius 2 is 1.97 bits per heavy atom. The highest BCUT2D eigenvalue weighted by molar-refractivity contribution is 6.30. The minimum absolute atomic E-state index is 0.500. The number of nitrogens with zero attached hydrogens (tertiary/aromatic N) is 5. The Balaban J connectivity index is 1.54. The maximum absolute atomic E-state index is 10.7. The van der Waals surface area contributed by atoms with Gasteiger partial charge >= 0.3 is 0 Å². The highest BCUT2D eigenvalue weighted by Crippen LogP contribution is 2.32. The van der Waals surface area contributed by atoms with Crippen LogP contribution in [0.4, 0.5) is 5.82 Å². The van der Waals surface area contributed by atoms with Crippen LogP contribution >= 0.6 is 11.6 Å². The normalized spacial score (nSPS) is 23.7. The maximum Gasteiger partial charge on any atom is 0.167 e. The van der Waals surface area contributed by atoms with Crippen molar-refractivity contribution in [3.05, 3.63) is 47.5 Å². The van der Waals surface area contributed by atoms with Crippen LogP contribution in [0.5, 0.6) is 0 Å². The smallest absolute Gasteiger partial charge is 0.167 e. The molecule has 1 saturated heterocycles. The van der Waals surface area contributed by atoms with E-state index in [1.54, 1.807) is 10.9 Å². The van der Waals surface area contributed by atoms with Gasteiger partial charge < -0.3 is 25.2 Å². The highest BCUT2D eigenvalue weighted by atomic mass is 35.5. The van der Waals surface area contributed by atoms with Gasteiger partial charge in [-0.1, -0.05) is 37.6 Å². The van der Waals surface area contributed by atoms with E-state index in [1.807, 2.05) is 24.3 Å². The minimum Gasteiger partial charge on any atom is -0.387 e. The second kappa shape index (κ2) is 9.46. The number of likely N-dealkylation sites (N-methyl/N-ethyl adjacent to an activating group) is 1. The molecule has 0 amide bonds. The second-order valence-corrected chi connectivity index (χ2v) is 8.00. The van der Waals surface area contributed by atoms with Crippen molar-refractivity contribution in [3.8, 4) is 0 Å². The third kappa shape index (κ3) is 4.51. The molecule has 1 aromatic carbocycles. The molecule has 1 aliphatic rings. The van der Waals surface area contributed by atoms with E-state index < -0.39 is 24.5 Å². The Kier molecular flexibility index (Phi) is 6.68. The topological polar surface area (TPSA) is 109 Å². The molecule has 9 nitrogen and oxygen atoms in total. The number of halogens is 1.